The summed E-state index contributed by atoms with van der Waals surface area (Å²) in [5.74, 6) is 0.697. The largest absolute Gasteiger partial charge is 0.493 e. The predicted molar refractivity (Wildman–Crippen MR) is 100 cm³/mol. The fraction of sp³-hybridized carbons (Fsp3) is 0.333. The van der Waals surface area contributed by atoms with Crippen LogP contribution in [0.4, 0.5) is 5.13 Å². The van der Waals surface area contributed by atoms with Crippen LogP contribution in [0.1, 0.15) is 30.0 Å². The van der Waals surface area contributed by atoms with Gasteiger partial charge in [-0.05, 0) is 37.1 Å². The molecule has 0 aliphatic carbocycles. The van der Waals surface area contributed by atoms with Gasteiger partial charge in [0.2, 0.25) is 5.13 Å². The summed E-state index contributed by atoms with van der Waals surface area (Å²) >= 11 is 1.36. The van der Waals surface area contributed by atoms with Gasteiger partial charge >= 0.3 is 0 Å². The topological polar surface area (TPSA) is 81.9 Å². The summed E-state index contributed by atoms with van der Waals surface area (Å²) in [6.07, 6.45) is 4.72. The summed E-state index contributed by atoms with van der Waals surface area (Å²) in [4.78, 5) is 12.4. The number of benzene rings is 1. The Morgan fingerprint density at radius 2 is 2.23 bits per heavy atom. The van der Waals surface area contributed by atoms with Crippen molar-refractivity contribution >= 4 is 22.4 Å². The van der Waals surface area contributed by atoms with E-state index in [4.69, 9.17) is 4.74 Å². The lowest BCUT2D eigenvalue weighted by Gasteiger charge is -2.13. The third kappa shape index (κ3) is 4.66. The first kappa shape index (κ1) is 18.1. The van der Waals surface area contributed by atoms with E-state index in [9.17, 15) is 4.79 Å². The Morgan fingerprint density at radius 3 is 2.96 bits per heavy atom. The zero-order valence-electron chi connectivity index (χ0n) is 14.8. The quantitative estimate of drug-likeness (QED) is 0.657. The Bertz CT molecular complexity index is 847. The van der Waals surface area contributed by atoms with E-state index in [2.05, 4.69) is 20.6 Å². The van der Waals surface area contributed by atoms with Gasteiger partial charge in [-0.1, -0.05) is 30.4 Å². The van der Waals surface area contributed by atoms with Crippen LogP contribution in [-0.4, -0.2) is 32.5 Å². The molecule has 8 heteroatoms. The lowest BCUT2D eigenvalue weighted by molar-refractivity contribution is -0.119. The van der Waals surface area contributed by atoms with Gasteiger partial charge in [0.15, 0.2) is 0 Å². The predicted octanol–water partition coefficient (Wildman–Crippen LogP) is 3.25. The van der Waals surface area contributed by atoms with Gasteiger partial charge in [-0.25, -0.2) is 0 Å². The molecule has 0 saturated heterocycles. The molecule has 1 N–H and O–H groups in total. The first-order chi connectivity index (χ1) is 12.7. The maximum Gasteiger partial charge on any atom is 0.251 e. The highest BCUT2D eigenvalue weighted by Crippen LogP contribution is 2.19. The van der Waals surface area contributed by atoms with Crippen molar-refractivity contribution in [2.45, 2.75) is 32.7 Å². The van der Waals surface area contributed by atoms with Crippen LogP contribution in [0, 0.1) is 6.92 Å². The van der Waals surface area contributed by atoms with Crippen molar-refractivity contribution in [2.24, 2.45) is 0 Å². The van der Waals surface area contributed by atoms with E-state index >= 15 is 0 Å². The Kier molecular flexibility index (Phi) is 5.96. The Labute approximate surface area is 156 Å². The minimum atomic E-state index is -0.359. The number of carbonyl (C=O) groups excluding carboxylic acids is 1. The molecule has 0 unspecified atom stereocenters. The molecule has 136 valence electrons. The molecule has 0 fully saturated rings. The van der Waals surface area contributed by atoms with Gasteiger partial charge in [-0.2, -0.15) is 5.10 Å². The highest BCUT2D eigenvalue weighted by Gasteiger charge is 2.20. The molecule has 2 heterocycles. The van der Waals surface area contributed by atoms with Crippen LogP contribution in [0.5, 0.6) is 5.75 Å². The summed E-state index contributed by atoms with van der Waals surface area (Å²) in [6.45, 7) is 4.48. The molecule has 0 radical (unpaired) electrons. The van der Waals surface area contributed by atoms with Crippen molar-refractivity contribution in [3.05, 3.63) is 53.3 Å². The van der Waals surface area contributed by atoms with Crippen LogP contribution >= 0.6 is 11.3 Å². The number of nitrogens with zero attached hydrogens (tertiary/aromatic N) is 4. The van der Waals surface area contributed by atoms with Crippen LogP contribution in [0.15, 0.2) is 42.7 Å². The number of nitrogens with one attached hydrogen (secondary N) is 1. The molecule has 0 saturated carbocycles. The van der Waals surface area contributed by atoms with Gasteiger partial charge in [-0.3, -0.25) is 14.8 Å². The number of anilines is 1. The first-order valence-electron chi connectivity index (χ1n) is 8.47. The van der Waals surface area contributed by atoms with Crippen LogP contribution in [-0.2, 0) is 11.2 Å². The van der Waals surface area contributed by atoms with Crippen LogP contribution in [0.25, 0.3) is 0 Å². The second-order valence-electron chi connectivity index (χ2n) is 5.82. The van der Waals surface area contributed by atoms with Crippen molar-refractivity contribution in [3.8, 4) is 5.75 Å². The summed E-state index contributed by atoms with van der Waals surface area (Å²) in [5, 5.41) is 16.4. The van der Waals surface area contributed by atoms with E-state index < -0.39 is 0 Å². The van der Waals surface area contributed by atoms with Crippen molar-refractivity contribution < 1.29 is 9.53 Å². The molecule has 7 nitrogen and oxygen atoms in total. The SMILES string of the molecule is CC[C@H](C(=O)Nc1nnc(CCOc2cccc(C)c2)s1)n1cccn1. The Morgan fingerprint density at radius 1 is 1.35 bits per heavy atom. The summed E-state index contributed by atoms with van der Waals surface area (Å²) < 4.78 is 7.37. The van der Waals surface area contributed by atoms with Crippen molar-refractivity contribution in [3.63, 3.8) is 0 Å². The summed E-state index contributed by atoms with van der Waals surface area (Å²) in [6, 6.07) is 9.35. The van der Waals surface area contributed by atoms with Gasteiger partial charge in [0.1, 0.15) is 16.8 Å². The molecule has 3 rings (SSSR count). The number of aromatic nitrogens is 4. The lowest BCUT2D eigenvalue weighted by atomic mass is 10.2. The minimum absolute atomic E-state index is 0.144. The third-order valence-corrected chi connectivity index (χ3v) is 4.70. The van der Waals surface area contributed by atoms with Gasteiger partial charge in [0.05, 0.1) is 6.61 Å². The van der Waals surface area contributed by atoms with Gasteiger partial charge in [0, 0.05) is 18.8 Å². The second kappa shape index (κ2) is 8.57. The maximum absolute atomic E-state index is 12.4. The monoisotopic (exact) mass is 371 g/mol. The number of ether oxygens (including phenoxy) is 1. The van der Waals surface area contributed by atoms with E-state index in [0.29, 0.717) is 24.6 Å². The van der Waals surface area contributed by atoms with E-state index in [0.717, 1.165) is 16.3 Å². The number of hydrogen-bond donors (Lipinski definition) is 1. The third-order valence-electron chi connectivity index (χ3n) is 3.80. The van der Waals surface area contributed by atoms with Crippen LogP contribution < -0.4 is 10.1 Å². The first-order valence-corrected chi connectivity index (χ1v) is 9.29. The molecule has 0 aliphatic rings. The smallest absolute Gasteiger partial charge is 0.251 e. The van der Waals surface area contributed by atoms with Crippen molar-refractivity contribution in [1.82, 2.24) is 20.0 Å². The number of carbonyl (C=O) groups is 1. The molecule has 1 atom stereocenters. The molecule has 26 heavy (non-hydrogen) atoms. The van der Waals surface area contributed by atoms with Crippen LogP contribution in [0.3, 0.4) is 0 Å². The fourth-order valence-corrected chi connectivity index (χ4v) is 3.24. The summed E-state index contributed by atoms with van der Waals surface area (Å²) in [5.41, 5.74) is 1.16. The summed E-state index contributed by atoms with van der Waals surface area (Å²) in [7, 11) is 0. The molecule has 2 aromatic heterocycles. The highest BCUT2D eigenvalue weighted by atomic mass is 32.1. The number of aryl methyl sites for hydroxylation is 1. The average Bonchev–Trinajstić information content (AvgIpc) is 3.28. The van der Waals surface area contributed by atoms with E-state index in [1.807, 2.05) is 38.1 Å². The molecule has 0 spiro atoms. The van der Waals surface area contributed by atoms with Crippen LogP contribution in [0.2, 0.25) is 0 Å². The molecule has 1 amide bonds. The maximum atomic E-state index is 12.4. The minimum Gasteiger partial charge on any atom is -0.493 e. The number of hydrogen-bond acceptors (Lipinski definition) is 6. The van der Waals surface area contributed by atoms with Gasteiger partial charge in [-0.15, -0.1) is 10.2 Å². The number of amides is 1. The lowest BCUT2D eigenvalue weighted by Crippen LogP contribution is -2.25. The Hall–Kier alpha value is -2.74. The van der Waals surface area contributed by atoms with Crippen molar-refractivity contribution in [1.29, 1.82) is 0 Å². The van der Waals surface area contributed by atoms with E-state index in [1.165, 1.54) is 11.3 Å². The molecule has 1 aromatic carbocycles. The van der Waals surface area contributed by atoms with Crippen molar-refractivity contribution in [2.75, 3.05) is 11.9 Å². The number of rotatable bonds is 8. The molecule has 0 bridgehead atoms. The van der Waals surface area contributed by atoms with E-state index in [-0.39, 0.29) is 11.9 Å². The molecule has 0 aliphatic heterocycles. The standard InChI is InChI=1S/C18H21N5O2S/c1-3-15(23-10-5-9-19-23)17(24)20-18-22-21-16(26-18)8-11-25-14-7-4-6-13(2)12-14/h4-7,9-10,12,15H,3,8,11H2,1-2H3,(H,20,22,24)/t15-/m1/s1. The molecular formula is C18H21N5O2S. The highest BCUT2D eigenvalue weighted by molar-refractivity contribution is 7.15. The zero-order valence-corrected chi connectivity index (χ0v) is 15.6. The zero-order chi connectivity index (χ0) is 18.4. The van der Waals surface area contributed by atoms with Gasteiger partial charge in [0.25, 0.3) is 5.91 Å². The normalized spacial score (nSPS) is 11.9. The second-order valence-corrected chi connectivity index (χ2v) is 6.88. The van der Waals surface area contributed by atoms with Gasteiger partial charge < -0.3 is 4.74 Å². The Balaban J connectivity index is 1.52. The molecular weight excluding hydrogens is 350 g/mol. The van der Waals surface area contributed by atoms with E-state index in [1.54, 1.807) is 23.1 Å². The average molecular weight is 371 g/mol. The fourth-order valence-electron chi connectivity index (χ4n) is 2.51. The molecule has 3 aromatic rings.